The van der Waals surface area contributed by atoms with Crippen LogP contribution >= 0.6 is 0 Å². The van der Waals surface area contributed by atoms with Crippen LogP contribution in [0.2, 0.25) is 0 Å². The molecule has 0 bridgehead atoms. The quantitative estimate of drug-likeness (QED) is 0.731. The Morgan fingerprint density at radius 1 is 1.50 bits per heavy atom. The van der Waals surface area contributed by atoms with Gasteiger partial charge in [-0.15, -0.1) is 0 Å². The third-order valence-corrected chi connectivity index (χ3v) is 1.63. The lowest BCUT2D eigenvalue weighted by Crippen LogP contribution is -1.97. The lowest BCUT2D eigenvalue weighted by molar-refractivity contribution is 1.29. The second-order valence-electron chi connectivity index (χ2n) is 2.69. The van der Waals surface area contributed by atoms with Gasteiger partial charge in [0.05, 0.1) is 0 Å². The van der Waals surface area contributed by atoms with Gasteiger partial charge >= 0.3 is 0 Å². The highest BCUT2D eigenvalue weighted by molar-refractivity contribution is 5.45. The van der Waals surface area contributed by atoms with E-state index in [-0.39, 0.29) is 0 Å². The van der Waals surface area contributed by atoms with E-state index in [1.165, 1.54) is 0 Å². The molecule has 1 aromatic rings. The summed E-state index contributed by atoms with van der Waals surface area (Å²) < 4.78 is 0. The molecule has 72 valence electrons. The number of hydrogen-bond acceptors (Lipinski definition) is 2. The zero-order valence-corrected chi connectivity index (χ0v) is 8.27. The molecule has 0 saturated carbocycles. The molecule has 0 radical (unpaired) electrons. The van der Waals surface area contributed by atoms with E-state index in [1.807, 2.05) is 43.4 Å². The van der Waals surface area contributed by atoms with E-state index in [2.05, 4.69) is 16.9 Å². The average molecular weight is 186 g/mol. The number of pyridine rings is 1. The lowest BCUT2D eigenvalue weighted by Gasteiger charge is -2.04. The smallest absolute Gasteiger partial charge is 0.130 e. The van der Waals surface area contributed by atoms with Crippen LogP contribution in [0.3, 0.4) is 0 Å². The Morgan fingerprint density at radius 3 is 2.93 bits per heavy atom. The predicted molar refractivity (Wildman–Crippen MR) is 61.0 cm³/mol. The van der Waals surface area contributed by atoms with Gasteiger partial charge in [-0.05, 0) is 31.2 Å². The Labute approximate surface area is 84.7 Å². The average Bonchev–Trinajstić information content (AvgIpc) is 2.25. The first-order chi connectivity index (χ1) is 6.86. The van der Waals surface area contributed by atoms with Crippen molar-refractivity contribution in [3.05, 3.63) is 61.0 Å². The maximum atomic E-state index is 4.15. The largest absolute Gasteiger partial charge is 0.340 e. The van der Waals surface area contributed by atoms with Crippen LogP contribution in [0.4, 0.5) is 5.82 Å². The minimum atomic E-state index is 0.822. The van der Waals surface area contributed by atoms with Crippen LogP contribution in [0.15, 0.2) is 61.0 Å². The number of allylic oxidation sites excluding steroid dienone is 4. The van der Waals surface area contributed by atoms with Gasteiger partial charge in [-0.25, -0.2) is 4.98 Å². The molecule has 0 unspecified atom stereocenters. The molecule has 1 aromatic heterocycles. The number of anilines is 1. The topological polar surface area (TPSA) is 24.9 Å². The van der Waals surface area contributed by atoms with Crippen LogP contribution in [0.1, 0.15) is 6.92 Å². The van der Waals surface area contributed by atoms with Crippen molar-refractivity contribution in [2.75, 3.05) is 5.32 Å². The summed E-state index contributed by atoms with van der Waals surface area (Å²) in [5.74, 6) is 0.822. The third kappa shape index (κ3) is 3.27. The van der Waals surface area contributed by atoms with Crippen molar-refractivity contribution < 1.29 is 0 Å². The summed E-state index contributed by atoms with van der Waals surface area (Å²) in [6.07, 6.45) is 9.37. The van der Waals surface area contributed by atoms with Gasteiger partial charge in [-0.2, -0.15) is 0 Å². The molecule has 2 heteroatoms. The van der Waals surface area contributed by atoms with E-state index < -0.39 is 0 Å². The van der Waals surface area contributed by atoms with E-state index in [0.717, 1.165) is 11.5 Å². The second-order valence-corrected chi connectivity index (χ2v) is 2.69. The van der Waals surface area contributed by atoms with Crippen molar-refractivity contribution in [3.8, 4) is 0 Å². The number of rotatable bonds is 4. The summed E-state index contributed by atoms with van der Waals surface area (Å²) >= 11 is 0. The lowest BCUT2D eigenvalue weighted by atomic mass is 10.3. The Morgan fingerprint density at radius 2 is 2.36 bits per heavy atom. The molecule has 0 aliphatic heterocycles. The maximum absolute atomic E-state index is 4.15. The molecule has 0 spiro atoms. The van der Waals surface area contributed by atoms with Gasteiger partial charge in [0.2, 0.25) is 0 Å². The van der Waals surface area contributed by atoms with Gasteiger partial charge in [-0.1, -0.05) is 24.8 Å². The standard InChI is InChI=1S/C12H14N2/c1-3-5-8-11(4-2)14-12-9-6-7-10-13-12/h3-10H,2H2,1H3,(H,13,14)/b5-3-,11-8+. The highest BCUT2D eigenvalue weighted by Gasteiger charge is 1.91. The third-order valence-electron chi connectivity index (χ3n) is 1.63. The number of nitrogens with one attached hydrogen (secondary N) is 1. The molecule has 1 heterocycles. The van der Waals surface area contributed by atoms with Gasteiger partial charge in [0.15, 0.2) is 0 Å². The molecule has 0 saturated heterocycles. The first-order valence-electron chi connectivity index (χ1n) is 4.50. The van der Waals surface area contributed by atoms with Crippen molar-refractivity contribution in [1.29, 1.82) is 0 Å². The Balaban J connectivity index is 2.71. The number of nitrogens with zero attached hydrogens (tertiary/aromatic N) is 1. The van der Waals surface area contributed by atoms with Crippen molar-refractivity contribution in [2.45, 2.75) is 6.92 Å². The van der Waals surface area contributed by atoms with Crippen molar-refractivity contribution >= 4 is 5.82 Å². The summed E-state index contributed by atoms with van der Waals surface area (Å²) in [6.45, 7) is 5.69. The molecule has 1 N–H and O–H groups in total. The number of hydrogen-bond donors (Lipinski definition) is 1. The van der Waals surface area contributed by atoms with Crippen molar-refractivity contribution in [1.82, 2.24) is 4.98 Å². The van der Waals surface area contributed by atoms with Crippen LogP contribution < -0.4 is 5.32 Å². The van der Waals surface area contributed by atoms with Gasteiger partial charge in [0.1, 0.15) is 5.82 Å². The summed E-state index contributed by atoms with van der Waals surface area (Å²) in [5, 5.41) is 3.14. The fraction of sp³-hybridized carbons (Fsp3) is 0.0833. The normalized spacial score (nSPS) is 11.6. The fourth-order valence-electron chi connectivity index (χ4n) is 0.945. The Bertz CT molecular complexity index is 337. The van der Waals surface area contributed by atoms with E-state index >= 15 is 0 Å². The molecule has 0 aliphatic rings. The molecule has 14 heavy (non-hydrogen) atoms. The van der Waals surface area contributed by atoms with Crippen LogP contribution in [0.5, 0.6) is 0 Å². The maximum Gasteiger partial charge on any atom is 0.130 e. The zero-order valence-electron chi connectivity index (χ0n) is 8.27. The van der Waals surface area contributed by atoms with E-state index in [1.54, 1.807) is 12.3 Å². The minimum absolute atomic E-state index is 0.822. The molecule has 0 atom stereocenters. The molecule has 1 rings (SSSR count). The van der Waals surface area contributed by atoms with E-state index in [9.17, 15) is 0 Å². The Kier molecular flexibility index (Phi) is 4.21. The van der Waals surface area contributed by atoms with Gasteiger partial charge in [-0.3, -0.25) is 0 Å². The number of aromatic nitrogens is 1. The fourth-order valence-corrected chi connectivity index (χ4v) is 0.945. The summed E-state index contributed by atoms with van der Waals surface area (Å²) in [4.78, 5) is 4.15. The SMILES string of the molecule is C=C/C(=C\C=C/C)Nc1ccccn1. The predicted octanol–water partition coefficient (Wildman–Crippen LogP) is 3.14. The molecular formula is C12H14N2. The molecule has 0 aliphatic carbocycles. The summed E-state index contributed by atoms with van der Waals surface area (Å²) in [5.41, 5.74) is 0.932. The first kappa shape index (κ1) is 10.3. The van der Waals surface area contributed by atoms with Crippen molar-refractivity contribution in [2.24, 2.45) is 0 Å². The summed E-state index contributed by atoms with van der Waals surface area (Å²) in [6, 6.07) is 5.73. The van der Waals surface area contributed by atoms with Gasteiger partial charge < -0.3 is 5.32 Å². The minimum Gasteiger partial charge on any atom is -0.340 e. The van der Waals surface area contributed by atoms with E-state index in [4.69, 9.17) is 0 Å². The first-order valence-corrected chi connectivity index (χ1v) is 4.50. The zero-order chi connectivity index (χ0) is 10.2. The molecule has 0 amide bonds. The molecule has 2 nitrogen and oxygen atoms in total. The summed E-state index contributed by atoms with van der Waals surface area (Å²) in [7, 11) is 0. The van der Waals surface area contributed by atoms with Gasteiger partial charge in [0, 0.05) is 11.9 Å². The van der Waals surface area contributed by atoms with Crippen molar-refractivity contribution in [3.63, 3.8) is 0 Å². The highest BCUT2D eigenvalue weighted by atomic mass is 15.0. The molecular weight excluding hydrogens is 172 g/mol. The highest BCUT2D eigenvalue weighted by Crippen LogP contribution is 2.05. The van der Waals surface area contributed by atoms with E-state index in [0.29, 0.717) is 0 Å². The monoisotopic (exact) mass is 186 g/mol. The van der Waals surface area contributed by atoms with Gasteiger partial charge in [0.25, 0.3) is 0 Å². The molecule has 0 fully saturated rings. The van der Waals surface area contributed by atoms with Crippen LogP contribution in [-0.4, -0.2) is 4.98 Å². The Hall–Kier alpha value is -1.83. The molecule has 0 aromatic carbocycles. The van der Waals surface area contributed by atoms with Crippen LogP contribution in [0.25, 0.3) is 0 Å². The van der Waals surface area contributed by atoms with Crippen LogP contribution in [-0.2, 0) is 0 Å². The second kappa shape index (κ2) is 5.75. The van der Waals surface area contributed by atoms with Crippen LogP contribution in [0, 0.1) is 0 Å².